The fourth-order valence-electron chi connectivity index (χ4n) is 2.48. The van der Waals surface area contributed by atoms with E-state index in [-0.39, 0.29) is 5.91 Å². The number of carboxylic acids is 1. The van der Waals surface area contributed by atoms with Crippen molar-refractivity contribution >= 4 is 11.9 Å². The first-order valence-electron chi connectivity index (χ1n) is 6.05. The van der Waals surface area contributed by atoms with Crippen molar-refractivity contribution in [3.63, 3.8) is 0 Å². The molecule has 1 atom stereocenters. The van der Waals surface area contributed by atoms with Crippen LogP contribution in [0.3, 0.4) is 0 Å². The number of hydrogen-bond acceptors (Lipinski definition) is 2. The number of aromatic nitrogens is 1. The highest BCUT2D eigenvalue weighted by Crippen LogP contribution is 2.30. The average molecular weight is 250 g/mol. The number of hydrogen-bond donors (Lipinski definition) is 1. The van der Waals surface area contributed by atoms with Gasteiger partial charge in [-0.1, -0.05) is 0 Å². The van der Waals surface area contributed by atoms with Crippen LogP contribution < -0.4 is 0 Å². The van der Waals surface area contributed by atoms with E-state index in [1.165, 1.54) is 4.90 Å². The number of carbonyl (C=O) groups excluding carboxylic acids is 1. The SMILES string of the molecule is Cc1ccc(C(=O)N2CCCC2(C)C(=O)O)n1C. The maximum atomic E-state index is 12.4. The number of nitrogens with zero attached hydrogens (tertiary/aromatic N) is 2. The quantitative estimate of drug-likeness (QED) is 0.863. The number of amides is 1. The van der Waals surface area contributed by atoms with E-state index in [0.29, 0.717) is 18.7 Å². The summed E-state index contributed by atoms with van der Waals surface area (Å²) < 4.78 is 1.79. The molecule has 0 aliphatic carbocycles. The summed E-state index contributed by atoms with van der Waals surface area (Å²) in [6.45, 7) is 4.04. The van der Waals surface area contributed by atoms with Crippen molar-refractivity contribution in [2.45, 2.75) is 32.2 Å². The van der Waals surface area contributed by atoms with Crippen LogP contribution in [-0.2, 0) is 11.8 Å². The normalized spacial score (nSPS) is 23.4. The maximum Gasteiger partial charge on any atom is 0.329 e. The van der Waals surface area contributed by atoms with Crippen molar-refractivity contribution in [2.24, 2.45) is 7.05 Å². The number of rotatable bonds is 2. The summed E-state index contributed by atoms with van der Waals surface area (Å²) in [6.07, 6.45) is 1.25. The standard InChI is InChI=1S/C13H18N2O3/c1-9-5-6-10(14(9)3)11(16)15-8-4-7-13(15,2)12(17)18/h5-6H,4,7-8H2,1-3H3,(H,17,18). The molecule has 2 heterocycles. The Labute approximate surface area is 106 Å². The lowest BCUT2D eigenvalue weighted by molar-refractivity contribution is -0.147. The molecule has 1 aliphatic rings. The molecular weight excluding hydrogens is 232 g/mol. The molecule has 5 heteroatoms. The maximum absolute atomic E-state index is 12.4. The van der Waals surface area contributed by atoms with Gasteiger partial charge in [0.2, 0.25) is 0 Å². The monoisotopic (exact) mass is 250 g/mol. The second kappa shape index (κ2) is 4.15. The van der Waals surface area contributed by atoms with Crippen LogP contribution in [0.5, 0.6) is 0 Å². The third-order valence-corrected chi connectivity index (χ3v) is 3.94. The Morgan fingerprint density at radius 3 is 2.56 bits per heavy atom. The van der Waals surface area contributed by atoms with E-state index < -0.39 is 11.5 Å². The number of aliphatic carboxylic acids is 1. The highest BCUT2D eigenvalue weighted by molar-refractivity contribution is 5.97. The van der Waals surface area contributed by atoms with Gasteiger partial charge in [-0.25, -0.2) is 4.79 Å². The molecule has 1 aliphatic heterocycles. The molecule has 2 rings (SSSR count). The summed E-state index contributed by atoms with van der Waals surface area (Å²) >= 11 is 0. The van der Waals surface area contributed by atoms with Gasteiger partial charge in [0.1, 0.15) is 11.2 Å². The minimum Gasteiger partial charge on any atom is -0.480 e. The summed E-state index contributed by atoms with van der Waals surface area (Å²) in [6, 6.07) is 3.61. The van der Waals surface area contributed by atoms with Gasteiger partial charge >= 0.3 is 5.97 Å². The smallest absolute Gasteiger partial charge is 0.329 e. The molecular formula is C13H18N2O3. The second-order valence-electron chi connectivity index (χ2n) is 5.06. The van der Waals surface area contributed by atoms with Gasteiger partial charge in [-0.15, -0.1) is 0 Å². The highest BCUT2D eigenvalue weighted by atomic mass is 16.4. The zero-order valence-electron chi connectivity index (χ0n) is 10.9. The van der Waals surface area contributed by atoms with Crippen molar-refractivity contribution in [2.75, 3.05) is 6.54 Å². The van der Waals surface area contributed by atoms with Gasteiger partial charge in [0.15, 0.2) is 0 Å². The van der Waals surface area contributed by atoms with Crippen LogP contribution in [0.1, 0.15) is 35.9 Å². The molecule has 18 heavy (non-hydrogen) atoms. The lowest BCUT2D eigenvalue weighted by atomic mass is 9.99. The number of aryl methyl sites for hydroxylation is 1. The van der Waals surface area contributed by atoms with Gasteiger partial charge in [0.25, 0.3) is 5.91 Å². The van der Waals surface area contributed by atoms with Crippen LogP contribution >= 0.6 is 0 Å². The molecule has 1 aromatic heterocycles. The van der Waals surface area contributed by atoms with Crippen LogP contribution in [0.25, 0.3) is 0 Å². The summed E-state index contributed by atoms with van der Waals surface area (Å²) in [5.41, 5.74) is 0.450. The summed E-state index contributed by atoms with van der Waals surface area (Å²) in [5, 5.41) is 9.31. The van der Waals surface area contributed by atoms with Crippen LogP contribution in [0.4, 0.5) is 0 Å². The Bertz CT molecular complexity index is 506. The number of carboxylic acid groups (broad SMARTS) is 1. The molecule has 0 radical (unpaired) electrons. The van der Waals surface area contributed by atoms with E-state index in [4.69, 9.17) is 0 Å². The van der Waals surface area contributed by atoms with Crippen molar-refractivity contribution in [1.82, 2.24) is 9.47 Å². The van der Waals surface area contributed by atoms with Crippen molar-refractivity contribution < 1.29 is 14.7 Å². The molecule has 1 amide bonds. The molecule has 5 nitrogen and oxygen atoms in total. The Morgan fingerprint density at radius 1 is 1.39 bits per heavy atom. The second-order valence-corrected chi connectivity index (χ2v) is 5.06. The lowest BCUT2D eigenvalue weighted by Gasteiger charge is -2.31. The van der Waals surface area contributed by atoms with Gasteiger partial charge in [-0.2, -0.15) is 0 Å². The molecule has 98 valence electrons. The van der Waals surface area contributed by atoms with E-state index in [2.05, 4.69) is 0 Å². The predicted octanol–water partition coefficient (Wildman–Crippen LogP) is 1.41. The molecule has 0 saturated carbocycles. The topological polar surface area (TPSA) is 62.5 Å². The largest absolute Gasteiger partial charge is 0.480 e. The lowest BCUT2D eigenvalue weighted by Crippen LogP contribution is -2.51. The first-order chi connectivity index (χ1) is 8.38. The first kappa shape index (κ1) is 12.7. The Balaban J connectivity index is 2.35. The van der Waals surface area contributed by atoms with Gasteiger partial charge < -0.3 is 14.6 Å². The zero-order chi connectivity index (χ0) is 13.5. The van der Waals surface area contributed by atoms with Gasteiger partial charge in [-0.3, -0.25) is 4.79 Å². The van der Waals surface area contributed by atoms with Crippen molar-refractivity contribution in [1.29, 1.82) is 0 Å². The Kier molecular flexibility index (Phi) is 2.92. The highest BCUT2D eigenvalue weighted by Gasteiger charge is 2.46. The van der Waals surface area contributed by atoms with E-state index in [1.807, 2.05) is 20.0 Å². The number of carbonyl (C=O) groups is 2. The minimum atomic E-state index is -1.07. The molecule has 1 saturated heterocycles. The van der Waals surface area contributed by atoms with Crippen molar-refractivity contribution in [3.05, 3.63) is 23.5 Å². The molecule has 1 N–H and O–H groups in total. The van der Waals surface area contributed by atoms with Gasteiger partial charge in [-0.05, 0) is 38.8 Å². The van der Waals surface area contributed by atoms with Gasteiger partial charge in [0.05, 0.1) is 0 Å². The predicted molar refractivity (Wildman–Crippen MR) is 66.5 cm³/mol. The summed E-state index contributed by atoms with van der Waals surface area (Å²) in [5.74, 6) is -1.13. The molecule has 0 aromatic carbocycles. The van der Waals surface area contributed by atoms with Crippen LogP contribution in [-0.4, -0.2) is 38.5 Å². The molecule has 1 unspecified atom stereocenters. The fraction of sp³-hybridized carbons (Fsp3) is 0.538. The first-order valence-corrected chi connectivity index (χ1v) is 6.05. The van der Waals surface area contributed by atoms with E-state index in [0.717, 1.165) is 12.1 Å². The van der Waals surface area contributed by atoms with E-state index in [9.17, 15) is 14.7 Å². The summed E-state index contributed by atoms with van der Waals surface area (Å²) in [4.78, 5) is 25.3. The Hall–Kier alpha value is -1.78. The third-order valence-electron chi connectivity index (χ3n) is 3.94. The van der Waals surface area contributed by atoms with E-state index in [1.54, 1.807) is 17.6 Å². The van der Waals surface area contributed by atoms with Crippen molar-refractivity contribution in [3.8, 4) is 0 Å². The number of likely N-dealkylation sites (tertiary alicyclic amines) is 1. The average Bonchev–Trinajstić information content (AvgIpc) is 2.85. The van der Waals surface area contributed by atoms with Crippen LogP contribution in [0.2, 0.25) is 0 Å². The van der Waals surface area contributed by atoms with Gasteiger partial charge in [0, 0.05) is 19.3 Å². The molecule has 0 bridgehead atoms. The minimum absolute atomic E-state index is 0.201. The third kappa shape index (κ3) is 1.70. The molecule has 1 aromatic rings. The molecule has 0 spiro atoms. The van der Waals surface area contributed by atoms with Crippen LogP contribution in [0.15, 0.2) is 12.1 Å². The van der Waals surface area contributed by atoms with Crippen LogP contribution in [0, 0.1) is 6.92 Å². The zero-order valence-corrected chi connectivity index (χ0v) is 10.9. The molecule has 1 fully saturated rings. The fourth-order valence-corrected chi connectivity index (χ4v) is 2.48. The summed E-state index contributed by atoms with van der Waals surface area (Å²) in [7, 11) is 1.82. The van der Waals surface area contributed by atoms with E-state index >= 15 is 0 Å². The Morgan fingerprint density at radius 2 is 2.06 bits per heavy atom.